The van der Waals surface area contributed by atoms with Crippen LogP contribution in [0.3, 0.4) is 0 Å². The summed E-state index contributed by atoms with van der Waals surface area (Å²) in [6, 6.07) is 154. The highest BCUT2D eigenvalue weighted by Gasteiger charge is 2.27. The van der Waals surface area contributed by atoms with E-state index in [0.717, 1.165) is 226 Å². The molecule has 0 fully saturated rings. The van der Waals surface area contributed by atoms with Crippen molar-refractivity contribution in [2.45, 2.75) is 0 Å². The lowest BCUT2D eigenvalue weighted by Gasteiger charge is -2.12. The smallest absolute Gasteiger partial charge is 0.235 e. The summed E-state index contributed by atoms with van der Waals surface area (Å²) in [4.78, 5) is 31.4. The molecule has 28 rings (SSSR count). The Labute approximate surface area is 754 Å². The largest absolute Gasteiger partial charge is 0.456 e. The Morgan fingerprint density at radius 2 is 0.523 bits per heavy atom. The highest BCUT2D eigenvalue weighted by Crippen LogP contribution is 2.47. The lowest BCUT2D eigenvalue weighted by atomic mass is 10.00. The van der Waals surface area contributed by atoms with Gasteiger partial charge in [-0.15, -0.1) is 0 Å². The number of furan rings is 3. The topological polar surface area (TPSA) is 132 Å². The van der Waals surface area contributed by atoms with Gasteiger partial charge >= 0.3 is 0 Å². The van der Waals surface area contributed by atoms with Crippen molar-refractivity contribution in [3.8, 4) is 96.1 Å². The average Bonchev–Trinajstić information content (AvgIpc) is 1.55. The van der Waals surface area contributed by atoms with Crippen molar-refractivity contribution >= 4 is 164 Å². The Bertz CT molecular complexity index is 9500. The molecule has 28 aromatic rings. The third-order valence-corrected chi connectivity index (χ3v) is 25.8. The predicted octanol–water partition coefficient (Wildman–Crippen LogP) is 31.5. The van der Waals surface area contributed by atoms with Crippen molar-refractivity contribution in [1.82, 2.24) is 43.6 Å². The van der Waals surface area contributed by atoms with E-state index in [1.165, 1.54) is 16.7 Å². The zero-order valence-electron chi connectivity index (χ0n) is 70.9. The molecule has 0 radical (unpaired) electrons. The number of aromatic nitrogens is 9. The molecule has 0 bridgehead atoms. The van der Waals surface area contributed by atoms with Crippen LogP contribution in [-0.2, 0) is 0 Å². The normalized spacial score (nSPS) is 11.8. The summed E-state index contributed by atoms with van der Waals surface area (Å²) >= 11 is 0. The first kappa shape index (κ1) is 75.3. The van der Waals surface area contributed by atoms with Crippen molar-refractivity contribution in [2.24, 2.45) is 0 Å². The van der Waals surface area contributed by atoms with Crippen LogP contribution >= 0.6 is 0 Å². The zero-order valence-corrected chi connectivity index (χ0v) is 70.9. The summed E-state index contributed by atoms with van der Waals surface area (Å²) in [5, 5.41) is 16.4. The van der Waals surface area contributed by atoms with Crippen LogP contribution in [0.1, 0.15) is 0 Å². The van der Waals surface area contributed by atoms with Gasteiger partial charge in [-0.05, 0) is 130 Å². The second-order valence-electron chi connectivity index (χ2n) is 33.5. The molecular formula is C120H73N9O3. The van der Waals surface area contributed by atoms with E-state index in [4.69, 9.17) is 43.2 Å². The van der Waals surface area contributed by atoms with Crippen LogP contribution in [0.25, 0.3) is 260 Å². The van der Waals surface area contributed by atoms with Crippen LogP contribution in [0, 0.1) is 0 Å². The Hall–Kier alpha value is -18.0. The minimum absolute atomic E-state index is 0.618. The summed E-state index contributed by atoms with van der Waals surface area (Å²) < 4.78 is 26.3. The summed E-state index contributed by atoms with van der Waals surface area (Å²) in [5.74, 6) is 1.88. The van der Waals surface area contributed by atoms with Gasteiger partial charge in [0.2, 0.25) is 17.8 Å². The number of nitrogens with zero attached hydrogens (tertiary/aromatic N) is 9. The molecule has 0 spiro atoms. The molecule has 0 aliphatic heterocycles. The lowest BCUT2D eigenvalue weighted by Crippen LogP contribution is -2.03. The molecular weight excluding hydrogens is 1620 g/mol. The summed E-state index contributed by atoms with van der Waals surface area (Å²) in [6.07, 6.45) is 0. The standard InChI is InChI=1S/C44H27N3O.2C38H23N3O/c1-3-13-28(14-4-1)30-17-11-18-31(27-30)41-35-19-7-9-23-37(35)45-44(46-41)47-38-24-10-8-20-36(38)40-39(47)26-25-34-33-22-12-21-32(42(33)48-43(34)40)29-15-5-2-6-16-29;1-2-11-24(12-3-1)25-13-10-14-26(21-25)37-29-17-4-7-18-32(29)39-38(40-37)41-33-19-8-5-15-27(33)30-22-31-28-16-6-9-20-35(28)42-36(31)23-34(30)41;1-2-11-24(12-3-1)25-13-10-14-26(23-25)35-31-17-4-7-18-32(31)39-38(40-35)41-33-19-8-5-15-27(33)29-21-22-30-28-16-6-9-20-34(28)42-37(30)36(29)41/h1-27H;2*1-23H. The third kappa shape index (κ3) is 12.5. The van der Waals surface area contributed by atoms with Gasteiger partial charge in [-0.2, -0.15) is 0 Å². The molecule has 0 aliphatic rings. The average molecular weight is 1690 g/mol. The van der Waals surface area contributed by atoms with Crippen molar-refractivity contribution in [3.05, 3.63) is 443 Å². The van der Waals surface area contributed by atoms with Gasteiger partial charge in [0.05, 0.1) is 66.6 Å². The highest BCUT2D eigenvalue weighted by atomic mass is 16.3. The van der Waals surface area contributed by atoms with Crippen LogP contribution < -0.4 is 0 Å². The minimum Gasteiger partial charge on any atom is -0.456 e. The number of benzene rings is 19. The van der Waals surface area contributed by atoms with Crippen molar-refractivity contribution in [1.29, 1.82) is 0 Å². The van der Waals surface area contributed by atoms with E-state index < -0.39 is 0 Å². The molecule has 0 aliphatic carbocycles. The van der Waals surface area contributed by atoms with Crippen LogP contribution in [0.5, 0.6) is 0 Å². The van der Waals surface area contributed by atoms with E-state index in [1.54, 1.807) is 0 Å². The summed E-state index contributed by atoms with van der Waals surface area (Å²) in [5.41, 5.74) is 29.1. The molecule has 12 nitrogen and oxygen atoms in total. The molecule has 9 heterocycles. The number of hydrogen-bond acceptors (Lipinski definition) is 9. The van der Waals surface area contributed by atoms with Gasteiger partial charge < -0.3 is 13.3 Å². The van der Waals surface area contributed by atoms with Crippen molar-refractivity contribution < 1.29 is 13.3 Å². The molecule has 616 valence electrons. The molecule has 132 heavy (non-hydrogen) atoms. The predicted molar refractivity (Wildman–Crippen MR) is 542 cm³/mol. The maximum Gasteiger partial charge on any atom is 0.235 e. The maximum absolute atomic E-state index is 6.87. The van der Waals surface area contributed by atoms with Crippen LogP contribution in [0.15, 0.2) is 456 Å². The van der Waals surface area contributed by atoms with E-state index >= 15 is 0 Å². The third-order valence-electron chi connectivity index (χ3n) is 25.8. The fraction of sp³-hybridized carbons (Fsp3) is 0. The monoisotopic (exact) mass is 1690 g/mol. The second kappa shape index (κ2) is 31.0. The first-order valence-electron chi connectivity index (χ1n) is 44.4. The molecule has 9 aromatic heterocycles. The molecule has 19 aromatic carbocycles. The fourth-order valence-corrected chi connectivity index (χ4v) is 19.8. The van der Waals surface area contributed by atoms with Crippen LogP contribution in [-0.4, -0.2) is 43.6 Å². The van der Waals surface area contributed by atoms with Gasteiger partial charge in [0, 0.05) is 104 Å². The van der Waals surface area contributed by atoms with Gasteiger partial charge in [0.15, 0.2) is 5.58 Å². The SMILES string of the molecule is c1ccc(-c2cccc(-c3nc(-n4c5ccccc5c5c6oc7c(-c8ccccc8)cccc7c6ccc54)nc4ccccc34)c2)cc1.c1ccc(-c2cccc(-c3nc(-n4c5ccccc5c5cc6c(cc54)oc4ccccc46)nc4ccccc34)c2)cc1.c1ccc(-c2cccc(-c3nc(-n4c5ccccc5c5ccc6c7ccccc7oc6c54)nc4ccccc34)c2)cc1. The molecule has 12 heteroatoms. The summed E-state index contributed by atoms with van der Waals surface area (Å²) in [6.45, 7) is 0. The zero-order chi connectivity index (χ0) is 86.9. The summed E-state index contributed by atoms with van der Waals surface area (Å²) in [7, 11) is 0. The van der Waals surface area contributed by atoms with Crippen molar-refractivity contribution in [3.63, 3.8) is 0 Å². The van der Waals surface area contributed by atoms with Crippen LogP contribution in [0.4, 0.5) is 0 Å². The minimum atomic E-state index is 0.618. The van der Waals surface area contributed by atoms with E-state index in [-0.39, 0.29) is 0 Å². The molecule has 0 saturated carbocycles. The second-order valence-corrected chi connectivity index (χ2v) is 33.5. The Morgan fingerprint density at radius 1 is 0.167 bits per heavy atom. The number of para-hydroxylation sites is 9. The maximum atomic E-state index is 6.87. The van der Waals surface area contributed by atoms with Gasteiger partial charge in [-0.1, -0.05) is 346 Å². The quantitative estimate of drug-likeness (QED) is 0.131. The Balaban J connectivity index is 0.000000104. The number of hydrogen-bond donors (Lipinski definition) is 0. The van der Waals surface area contributed by atoms with Gasteiger partial charge in [-0.3, -0.25) is 13.7 Å². The fourth-order valence-electron chi connectivity index (χ4n) is 19.8. The van der Waals surface area contributed by atoms with Crippen LogP contribution in [0.2, 0.25) is 0 Å². The molecule has 0 saturated heterocycles. The van der Waals surface area contributed by atoms with Gasteiger partial charge in [0.25, 0.3) is 0 Å². The van der Waals surface area contributed by atoms with Crippen molar-refractivity contribution in [2.75, 3.05) is 0 Å². The lowest BCUT2D eigenvalue weighted by molar-refractivity contribution is 0.669. The van der Waals surface area contributed by atoms with Gasteiger partial charge in [0.1, 0.15) is 33.4 Å². The number of fused-ring (bicyclic) bond motifs is 23. The van der Waals surface area contributed by atoms with E-state index in [2.05, 4.69) is 384 Å². The molecule has 0 atom stereocenters. The van der Waals surface area contributed by atoms with Gasteiger partial charge in [-0.25, -0.2) is 29.9 Å². The Kier molecular flexibility index (Phi) is 17.7. The van der Waals surface area contributed by atoms with E-state index in [9.17, 15) is 0 Å². The Morgan fingerprint density at radius 3 is 1.05 bits per heavy atom. The molecule has 0 N–H and O–H groups in total. The molecule has 0 unspecified atom stereocenters. The number of rotatable bonds is 10. The van der Waals surface area contributed by atoms with E-state index in [1.807, 2.05) is 72.8 Å². The highest BCUT2D eigenvalue weighted by molar-refractivity contribution is 6.26. The van der Waals surface area contributed by atoms with E-state index in [0.29, 0.717) is 17.8 Å². The molecule has 0 amide bonds. The first-order chi connectivity index (χ1) is 65.5. The first-order valence-corrected chi connectivity index (χ1v) is 44.4.